The van der Waals surface area contributed by atoms with Crippen LogP contribution in [0.1, 0.15) is 6.92 Å². The van der Waals surface area contributed by atoms with E-state index in [9.17, 15) is 0 Å². The first-order valence-corrected chi connectivity index (χ1v) is 3.06. The summed E-state index contributed by atoms with van der Waals surface area (Å²) in [5, 5.41) is 0. The van der Waals surface area contributed by atoms with Crippen molar-refractivity contribution in [2.45, 2.75) is 6.92 Å². The molecule has 0 saturated carbocycles. The molecule has 0 atom stereocenters. The van der Waals surface area contributed by atoms with E-state index in [2.05, 4.69) is 18.8 Å². The maximum absolute atomic E-state index is 4.77. The molecule has 0 aromatic heterocycles. The van der Waals surface area contributed by atoms with Crippen molar-refractivity contribution < 1.29 is 42.2 Å². The molecule has 0 rings (SSSR count). The van der Waals surface area contributed by atoms with Gasteiger partial charge in [0.2, 0.25) is 0 Å². The Hall–Kier alpha value is 0.984. The van der Waals surface area contributed by atoms with Crippen LogP contribution < -0.4 is 0 Å². The quantitative estimate of drug-likeness (QED) is 0.539. The summed E-state index contributed by atoms with van der Waals surface area (Å²) >= 11 is 0. The van der Waals surface area contributed by atoms with Crippen LogP contribution >= 0.6 is 0 Å². The predicted molar refractivity (Wildman–Crippen MR) is 42.0 cm³/mol. The molecule has 0 aliphatic carbocycles. The van der Waals surface area contributed by atoms with E-state index >= 15 is 0 Å². The molecule has 0 aliphatic heterocycles. The summed E-state index contributed by atoms with van der Waals surface area (Å²) in [6, 6.07) is 0. The van der Waals surface area contributed by atoms with Gasteiger partial charge in [-0.05, 0) is 7.05 Å². The largest absolute Gasteiger partial charge is 0.544 e. The molecule has 4 heteroatoms. The van der Waals surface area contributed by atoms with Crippen LogP contribution in [-0.4, -0.2) is 32.5 Å². The maximum atomic E-state index is 4.77. The number of nitrogens with zero attached hydrogens (tertiary/aromatic N) is 1. The van der Waals surface area contributed by atoms with Crippen LogP contribution in [0.25, 0.3) is 0 Å². The molecule has 11 heavy (non-hydrogen) atoms. The zero-order valence-electron chi connectivity index (χ0n) is 7.67. The van der Waals surface area contributed by atoms with Crippen molar-refractivity contribution in [2.75, 3.05) is 27.6 Å². The fourth-order valence-corrected chi connectivity index (χ4v) is 0.413. The van der Waals surface area contributed by atoms with Gasteiger partial charge in [0, 0.05) is 39.8 Å². The monoisotopic (exact) mass is 236 g/mol. The standard InChI is InChI=1S/C5H12NO2.C2H5.Y/c1-6(4-7-2)5-8-3;1-2;/h2,4-5H2,1,3H3;1H2,2H3;/q2*-1;. The van der Waals surface area contributed by atoms with E-state index in [-0.39, 0.29) is 32.7 Å². The van der Waals surface area contributed by atoms with Crippen LogP contribution in [0.15, 0.2) is 0 Å². The summed E-state index contributed by atoms with van der Waals surface area (Å²) in [5.74, 6) is 0. The van der Waals surface area contributed by atoms with Crippen LogP contribution in [0.2, 0.25) is 0 Å². The zero-order chi connectivity index (χ0) is 8.41. The molecule has 0 unspecified atom stereocenters. The Labute approximate surface area is 95.3 Å². The summed E-state index contributed by atoms with van der Waals surface area (Å²) in [6.45, 7) is 6.09. The first-order valence-electron chi connectivity index (χ1n) is 3.06. The Balaban J connectivity index is -0.000000196. The van der Waals surface area contributed by atoms with Gasteiger partial charge >= 0.3 is 0 Å². The molecule has 0 saturated heterocycles. The first-order chi connectivity index (χ1) is 4.81. The van der Waals surface area contributed by atoms with Crippen molar-refractivity contribution in [2.24, 2.45) is 0 Å². The Morgan fingerprint density at radius 3 is 2.00 bits per heavy atom. The molecule has 0 fully saturated rings. The second kappa shape index (κ2) is 17.2. The molecular weight excluding hydrogens is 219 g/mol. The molecular formula is C7H17NO2Y-2. The molecule has 0 bridgehead atoms. The van der Waals surface area contributed by atoms with Gasteiger partial charge in [-0.25, -0.2) is 7.11 Å². The average Bonchev–Trinajstić information content (AvgIpc) is 1.93. The van der Waals surface area contributed by atoms with Gasteiger partial charge in [-0.3, -0.25) is 4.90 Å². The zero-order valence-corrected chi connectivity index (χ0v) is 10.5. The fraction of sp³-hybridized carbons (Fsp3) is 0.714. The van der Waals surface area contributed by atoms with E-state index in [1.165, 1.54) is 0 Å². The molecule has 1 radical (unpaired) electrons. The van der Waals surface area contributed by atoms with Crippen LogP contribution in [0.3, 0.4) is 0 Å². The van der Waals surface area contributed by atoms with Crippen molar-refractivity contribution >= 4 is 0 Å². The number of hydrogen-bond acceptors (Lipinski definition) is 3. The summed E-state index contributed by atoms with van der Waals surface area (Å²) in [4.78, 5) is 1.85. The summed E-state index contributed by atoms with van der Waals surface area (Å²) < 4.78 is 9.33. The van der Waals surface area contributed by atoms with Gasteiger partial charge < -0.3 is 16.4 Å². The molecule has 0 N–H and O–H groups in total. The predicted octanol–water partition coefficient (Wildman–Crippen LogP) is 1.13. The molecule has 0 heterocycles. The van der Waals surface area contributed by atoms with Crippen LogP contribution in [-0.2, 0) is 42.2 Å². The second-order valence-corrected chi connectivity index (χ2v) is 1.61. The van der Waals surface area contributed by atoms with E-state index in [4.69, 9.17) is 4.74 Å². The van der Waals surface area contributed by atoms with Crippen molar-refractivity contribution in [3.63, 3.8) is 0 Å². The molecule has 67 valence electrons. The minimum atomic E-state index is 0. The summed E-state index contributed by atoms with van der Waals surface area (Å²) in [5.41, 5.74) is 0. The number of methoxy groups -OCH3 is 1. The number of hydrogen-bond donors (Lipinski definition) is 0. The van der Waals surface area contributed by atoms with Gasteiger partial charge in [0.25, 0.3) is 0 Å². The van der Waals surface area contributed by atoms with Crippen molar-refractivity contribution in [3.8, 4) is 0 Å². The molecule has 0 amide bonds. The fourth-order valence-electron chi connectivity index (χ4n) is 0.413. The van der Waals surface area contributed by atoms with E-state index in [1.807, 2.05) is 11.9 Å². The Kier molecular flexibility index (Phi) is 28.0. The maximum Gasteiger partial charge on any atom is 0.100 e. The van der Waals surface area contributed by atoms with E-state index < -0.39 is 0 Å². The topological polar surface area (TPSA) is 21.7 Å². The molecule has 0 spiro atoms. The molecule has 3 nitrogen and oxygen atoms in total. The Morgan fingerprint density at radius 1 is 1.27 bits per heavy atom. The van der Waals surface area contributed by atoms with Gasteiger partial charge in [-0.15, -0.1) is 0 Å². The van der Waals surface area contributed by atoms with E-state index in [0.29, 0.717) is 13.5 Å². The third-order valence-electron chi connectivity index (χ3n) is 0.661. The average molecular weight is 236 g/mol. The normalized spacial score (nSPS) is 8.18. The van der Waals surface area contributed by atoms with Gasteiger partial charge in [0.15, 0.2) is 0 Å². The van der Waals surface area contributed by atoms with Gasteiger partial charge in [0.05, 0.1) is 6.73 Å². The van der Waals surface area contributed by atoms with Gasteiger partial charge in [0.1, 0.15) is 6.73 Å². The van der Waals surface area contributed by atoms with Crippen molar-refractivity contribution in [3.05, 3.63) is 14.0 Å². The molecule has 0 aliphatic rings. The van der Waals surface area contributed by atoms with Gasteiger partial charge in [-0.2, -0.15) is 6.92 Å². The molecule has 0 aromatic rings. The SMILES string of the molecule is [CH2-]C.[CH2-]OCN(C)COC.[Y]. The third kappa shape index (κ3) is 18.2. The Morgan fingerprint density at radius 2 is 1.73 bits per heavy atom. The van der Waals surface area contributed by atoms with Crippen LogP contribution in [0.5, 0.6) is 0 Å². The smallest absolute Gasteiger partial charge is 0.100 e. The summed E-state index contributed by atoms with van der Waals surface area (Å²) in [6.07, 6.45) is 0. The van der Waals surface area contributed by atoms with Crippen molar-refractivity contribution in [1.29, 1.82) is 0 Å². The van der Waals surface area contributed by atoms with Gasteiger partial charge in [-0.1, -0.05) is 0 Å². The Bertz CT molecular complexity index is 49.7. The first kappa shape index (κ1) is 17.9. The van der Waals surface area contributed by atoms with E-state index in [1.54, 1.807) is 14.0 Å². The number of ether oxygens (including phenoxy) is 2. The number of rotatable bonds is 4. The molecule has 0 aromatic carbocycles. The minimum absolute atomic E-state index is 0. The third-order valence-corrected chi connectivity index (χ3v) is 0.661. The summed E-state index contributed by atoms with van der Waals surface area (Å²) in [7, 11) is 6.73. The van der Waals surface area contributed by atoms with Crippen LogP contribution in [0.4, 0.5) is 0 Å². The second-order valence-electron chi connectivity index (χ2n) is 1.61. The van der Waals surface area contributed by atoms with E-state index in [0.717, 1.165) is 0 Å². The van der Waals surface area contributed by atoms with Crippen molar-refractivity contribution in [1.82, 2.24) is 4.90 Å². The van der Waals surface area contributed by atoms with Crippen LogP contribution in [0, 0.1) is 14.0 Å². The minimum Gasteiger partial charge on any atom is -0.544 e.